The number of halogens is 3. The van der Waals surface area contributed by atoms with Gasteiger partial charge in [0.1, 0.15) is 5.75 Å². The van der Waals surface area contributed by atoms with Gasteiger partial charge in [-0.15, -0.1) is 0 Å². The molecule has 0 saturated carbocycles. The molecule has 23 heavy (non-hydrogen) atoms. The monoisotopic (exact) mass is 322 g/mol. The van der Waals surface area contributed by atoms with Gasteiger partial charge >= 0.3 is 6.18 Å². The van der Waals surface area contributed by atoms with Gasteiger partial charge in [0.2, 0.25) is 0 Å². The van der Waals surface area contributed by atoms with Gasteiger partial charge in [-0.25, -0.2) is 0 Å². The zero-order valence-corrected chi connectivity index (χ0v) is 12.4. The van der Waals surface area contributed by atoms with E-state index < -0.39 is 11.7 Å². The number of rotatable bonds is 2. The number of hydrogen-bond donors (Lipinski definition) is 1. The number of alkyl halides is 3. The van der Waals surface area contributed by atoms with Crippen LogP contribution in [0.5, 0.6) is 5.75 Å². The Morgan fingerprint density at radius 2 is 1.09 bits per heavy atom. The fourth-order valence-electron chi connectivity index (χ4n) is 2.75. The van der Waals surface area contributed by atoms with Crippen LogP contribution in [-0.2, 0) is 6.18 Å². The number of nitrogens with zero attached hydrogens (tertiary/aromatic N) is 2. The van der Waals surface area contributed by atoms with Crippen LogP contribution in [0.1, 0.15) is 5.56 Å². The van der Waals surface area contributed by atoms with Gasteiger partial charge in [0, 0.05) is 37.6 Å². The average molecular weight is 322 g/mol. The summed E-state index contributed by atoms with van der Waals surface area (Å²) in [5, 5.41) is 9.32. The topological polar surface area (TPSA) is 26.7 Å². The molecule has 6 heteroatoms. The summed E-state index contributed by atoms with van der Waals surface area (Å²) in [4.78, 5) is 4.27. The van der Waals surface area contributed by atoms with Crippen molar-refractivity contribution in [2.75, 3.05) is 36.0 Å². The van der Waals surface area contributed by atoms with Crippen molar-refractivity contribution in [3.8, 4) is 5.75 Å². The normalized spacial score (nSPS) is 15.8. The summed E-state index contributed by atoms with van der Waals surface area (Å²) in [6.45, 7) is 3.05. The molecule has 0 spiro atoms. The summed E-state index contributed by atoms with van der Waals surface area (Å²) in [6.07, 6.45) is -4.30. The second kappa shape index (κ2) is 6.02. The molecule has 3 rings (SSSR count). The smallest absolute Gasteiger partial charge is 0.416 e. The lowest BCUT2D eigenvalue weighted by Crippen LogP contribution is -2.46. The first-order valence-corrected chi connectivity index (χ1v) is 7.40. The van der Waals surface area contributed by atoms with E-state index in [1.807, 2.05) is 12.1 Å². The second-order valence-corrected chi connectivity index (χ2v) is 5.54. The van der Waals surface area contributed by atoms with E-state index in [0.717, 1.165) is 49.7 Å². The highest BCUT2D eigenvalue weighted by molar-refractivity contribution is 5.53. The molecule has 1 N–H and O–H groups in total. The molecule has 0 radical (unpaired) electrons. The minimum Gasteiger partial charge on any atom is -0.508 e. The molecule has 2 aromatic rings. The van der Waals surface area contributed by atoms with Crippen molar-refractivity contribution in [1.29, 1.82) is 0 Å². The third kappa shape index (κ3) is 3.52. The molecule has 1 saturated heterocycles. The maximum atomic E-state index is 12.6. The number of benzene rings is 2. The molecular weight excluding hydrogens is 305 g/mol. The van der Waals surface area contributed by atoms with Crippen molar-refractivity contribution < 1.29 is 18.3 Å². The maximum absolute atomic E-state index is 12.6. The van der Waals surface area contributed by atoms with Gasteiger partial charge in [0.15, 0.2) is 0 Å². The first-order valence-electron chi connectivity index (χ1n) is 7.40. The predicted molar refractivity (Wildman–Crippen MR) is 84.0 cm³/mol. The van der Waals surface area contributed by atoms with Crippen LogP contribution in [0, 0.1) is 0 Å². The Morgan fingerprint density at radius 1 is 0.696 bits per heavy atom. The Balaban J connectivity index is 1.63. The van der Waals surface area contributed by atoms with Crippen molar-refractivity contribution in [3.63, 3.8) is 0 Å². The summed E-state index contributed by atoms with van der Waals surface area (Å²) in [5.41, 5.74) is 1.22. The lowest BCUT2D eigenvalue weighted by atomic mass is 10.1. The summed E-state index contributed by atoms with van der Waals surface area (Å²) >= 11 is 0. The molecule has 1 aliphatic rings. The van der Waals surface area contributed by atoms with E-state index in [2.05, 4.69) is 9.80 Å². The van der Waals surface area contributed by atoms with E-state index in [9.17, 15) is 18.3 Å². The van der Waals surface area contributed by atoms with Gasteiger partial charge in [-0.3, -0.25) is 0 Å². The first kappa shape index (κ1) is 15.5. The molecule has 1 heterocycles. The van der Waals surface area contributed by atoms with E-state index in [1.165, 1.54) is 12.1 Å². The number of aromatic hydroxyl groups is 1. The number of hydrogen-bond acceptors (Lipinski definition) is 3. The van der Waals surface area contributed by atoms with Gasteiger partial charge < -0.3 is 14.9 Å². The third-order valence-corrected chi connectivity index (χ3v) is 4.05. The molecule has 0 aliphatic carbocycles. The Bertz CT molecular complexity index is 645. The van der Waals surface area contributed by atoms with Crippen LogP contribution in [0.25, 0.3) is 0 Å². The molecule has 1 aliphatic heterocycles. The van der Waals surface area contributed by atoms with Gasteiger partial charge in [-0.2, -0.15) is 13.2 Å². The Morgan fingerprint density at radius 3 is 1.48 bits per heavy atom. The van der Waals surface area contributed by atoms with Gasteiger partial charge in [-0.1, -0.05) is 0 Å². The van der Waals surface area contributed by atoms with Crippen LogP contribution in [0.15, 0.2) is 48.5 Å². The third-order valence-electron chi connectivity index (χ3n) is 4.05. The molecule has 3 nitrogen and oxygen atoms in total. The van der Waals surface area contributed by atoms with E-state index in [-0.39, 0.29) is 5.75 Å². The molecular formula is C17H17F3N2O. The van der Waals surface area contributed by atoms with Crippen LogP contribution in [0.4, 0.5) is 24.5 Å². The minimum atomic E-state index is -4.30. The molecule has 0 amide bonds. The minimum absolute atomic E-state index is 0.233. The van der Waals surface area contributed by atoms with E-state index in [1.54, 1.807) is 12.1 Å². The number of piperazine rings is 1. The summed E-state index contributed by atoms with van der Waals surface area (Å²) < 4.78 is 37.8. The van der Waals surface area contributed by atoms with Crippen LogP contribution in [-0.4, -0.2) is 31.3 Å². The quantitative estimate of drug-likeness (QED) is 0.912. The van der Waals surface area contributed by atoms with E-state index >= 15 is 0 Å². The van der Waals surface area contributed by atoms with Gasteiger partial charge in [0.25, 0.3) is 0 Å². The molecule has 0 bridgehead atoms. The standard InChI is InChI=1S/C17H17F3N2O/c18-17(19,20)13-1-3-14(4-2-13)21-9-11-22(12-10-21)15-5-7-16(23)8-6-15/h1-8,23H,9-12H2. The van der Waals surface area contributed by atoms with Crippen molar-refractivity contribution >= 4 is 11.4 Å². The highest BCUT2D eigenvalue weighted by atomic mass is 19.4. The highest BCUT2D eigenvalue weighted by Crippen LogP contribution is 2.31. The van der Waals surface area contributed by atoms with Gasteiger partial charge in [-0.05, 0) is 48.5 Å². The fraction of sp³-hybridized carbons (Fsp3) is 0.294. The first-order chi connectivity index (χ1) is 10.9. The molecule has 122 valence electrons. The lowest BCUT2D eigenvalue weighted by molar-refractivity contribution is -0.137. The lowest BCUT2D eigenvalue weighted by Gasteiger charge is -2.37. The molecule has 0 unspecified atom stereocenters. The van der Waals surface area contributed by atoms with Crippen LogP contribution < -0.4 is 9.80 Å². The van der Waals surface area contributed by atoms with Crippen LogP contribution in [0.2, 0.25) is 0 Å². The van der Waals surface area contributed by atoms with Crippen molar-refractivity contribution in [2.24, 2.45) is 0 Å². The predicted octanol–water partition coefficient (Wildman–Crippen LogP) is 3.74. The van der Waals surface area contributed by atoms with Crippen LogP contribution >= 0.6 is 0 Å². The maximum Gasteiger partial charge on any atom is 0.416 e. The number of anilines is 2. The zero-order chi connectivity index (χ0) is 16.4. The molecule has 0 aromatic heterocycles. The van der Waals surface area contributed by atoms with Crippen molar-refractivity contribution in [2.45, 2.75) is 6.18 Å². The van der Waals surface area contributed by atoms with Crippen molar-refractivity contribution in [1.82, 2.24) is 0 Å². The summed E-state index contributed by atoms with van der Waals surface area (Å²) in [6, 6.07) is 12.3. The van der Waals surface area contributed by atoms with E-state index in [0.29, 0.717) is 0 Å². The zero-order valence-electron chi connectivity index (χ0n) is 12.4. The Kier molecular flexibility index (Phi) is 4.07. The second-order valence-electron chi connectivity index (χ2n) is 5.54. The number of phenolic OH excluding ortho intramolecular Hbond substituents is 1. The molecule has 1 fully saturated rings. The Hall–Kier alpha value is -2.37. The van der Waals surface area contributed by atoms with Crippen molar-refractivity contribution in [3.05, 3.63) is 54.1 Å². The van der Waals surface area contributed by atoms with E-state index in [4.69, 9.17) is 0 Å². The average Bonchev–Trinajstić information content (AvgIpc) is 2.55. The number of phenols is 1. The highest BCUT2D eigenvalue weighted by Gasteiger charge is 2.30. The summed E-state index contributed by atoms with van der Waals surface area (Å²) in [7, 11) is 0. The largest absolute Gasteiger partial charge is 0.508 e. The molecule has 2 aromatic carbocycles. The van der Waals surface area contributed by atoms with Crippen LogP contribution in [0.3, 0.4) is 0 Å². The Labute approximate surface area is 132 Å². The fourth-order valence-corrected chi connectivity index (χ4v) is 2.75. The summed E-state index contributed by atoms with van der Waals surface area (Å²) in [5.74, 6) is 0.233. The SMILES string of the molecule is Oc1ccc(N2CCN(c3ccc(C(F)(F)F)cc3)CC2)cc1. The molecule has 0 atom stereocenters. The van der Waals surface area contributed by atoms with Gasteiger partial charge in [0.05, 0.1) is 5.56 Å².